The molecule has 1 saturated heterocycles. The first-order valence-electron chi connectivity index (χ1n) is 10.5. The van der Waals surface area contributed by atoms with Crippen molar-refractivity contribution in [3.63, 3.8) is 0 Å². The molecule has 2 aliphatic heterocycles. The minimum Gasteiger partial charge on any atom is -0.369 e. The molecule has 2 aliphatic rings. The van der Waals surface area contributed by atoms with Gasteiger partial charge in [-0.05, 0) is 37.7 Å². The molecule has 0 saturated carbocycles. The maximum absolute atomic E-state index is 12.9. The minimum atomic E-state index is -3.72. The molecule has 1 amide bonds. The number of hydrogen-bond donors (Lipinski definition) is 2. The van der Waals surface area contributed by atoms with E-state index in [9.17, 15) is 13.2 Å². The van der Waals surface area contributed by atoms with E-state index in [4.69, 9.17) is 5.21 Å². The summed E-state index contributed by atoms with van der Waals surface area (Å²) in [7, 11) is -1.59. The van der Waals surface area contributed by atoms with Crippen LogP contribution >= 0.6 is 0 Å². The molecule has 0 spiro atoms. The average Bonchev–Trinajstić information content (AvgIpc) is 2.84. The van der Waals surface area contributed by atoms with Gasteiger partial charge in [-0.2, -0.15) is 4.31 Å². The van der Waals surface area contributed by atoms with Crippen molar-refractivity contribution in [3.8, 4) is 11.3 Å². The van der Waals surface area contributed by atoms with E-state index in [1.54, 1.807) is 17.6 Å². The van der Waals surface area contributed by atoms with Crippen molar-refractivity contribution in [2.75, 3.05) is 51.2 Å². The largest absolute Gasteiger partial charge is 0.369 e. The molecule has 0 unspecified atom stereocenters. The van der Waals surface area contributed by atoms with E-state index >= 15 is 0 Å². The lowest BCUT2D eigenvalue weighted by Gasteiger charge is -2.34. The molecule has 3 heterocycles. The van der Waals surface area contributed by atoms with Crippen molar-refractivity contribution in [3.05, 3.63) is 54.2 Å². The summed E-state index contributed by atoms with van der Waals surface area (Å²) >= 11 is 0. The van der Waals surface area contributed by atoms with Crippen LogP contribution in [0.4, 0.5) is 5.69 Å². The van der Waals surface area contributed by atoms with E-state index in [2.05, 4.69) is 34.0 Å². The molecule has 2 aromatic rings. The maximum Gasteiger partial charge on any atom is 0.270 e. The number of pyridine rings is 1. The number of piperazine rings is 1. The Morgan fingerprint density at radius 3 is 2.31 bits per heavy atom. The lowest BCUT2D eigenvalue weighted by Crippen LogP contribution is -2.44. The summed E-state index contributed by atoms with van der Waals surface area (Å²) in [4.78, 5) is 20.6. The Morgan fingerprint density at radius 2 is 1.75 bits per heavy atom. The third-order valence-electron chi connectivity index (χ3n) is 5.97. The van der Waals surface area contributed by atoms with Gasteiger partial charge in [0.25, 0.3) is 5.91 Å². The summed E-state index contributed by atoms with van der Waals surface area (Å²) in [5.74, 6) is -0.605. The monoisotopic (exact) mass is 457 g/mol. The highest BCUT2D eigenvalue weighted by Gasteiger charge is 2.28. The standard InChI is InChI=1S/C22H27N5O4S/c1-25-12-14-26(15-13-25)19-4-2-17(3-5-19)21-7-6-20(16-23-21)32(30,31)27-10-8-18(9-11-27)22(28)24-29/h2-8,16,29H,9-15H2,1H3,(H,24,28). The fourth-order valence-electron chi connectivity index (χ4n) is 3.91. The van der Waals surface area contributed by atoms with Crippen LogP contribution in [0.1, 0.15) is 6.42 Å². The Kier molecular flexibility index (Phi) is 6.56. The van der Waals surface area contributed by atoms with E-state index in [0.717, 1.165) is 31.7 Å². The quantitative estimate of drug-likeness (QED) is 0.515. The maximum atomic E-state index is 12.9. The van der Waals surface area contributed by atoms with E-state index < -0.39 is 15.9 Å². The average molecular weight is 458 g/mol. The number of amides is 1. The number of carbonyl (C=O) groups is 1. The normalized spacial score (nSPS) is 18.3. The number of carbonyl (C=O) groups excluding carboxylic acids is 1. The number of hydroxylamine groups is 1. The number of nitrogens with one attached hydrogen (secondary N) is 1. The summed E-state index contributed by atoms with van der Waals surface area (Å²) in [5, 5.41) is 8.72. The molecule has 1 fully saturated rings. The van der Waals surface area contributed by atoms with E-state index in [1.165, 1.54) is 22.3 Å². The molecular formula is C22H27N5O4S. The summed E-state index contributed by atoms with van der Waals surface area (Å²) in [6, 6.07) is 11.4. The zero-order valence-electron chi connectivity index (χ0n) is 17.9. The number of anilines is 1. The first-order valence-corrected chi connectivity index (χ1v) is 12.0. The number of aromatic nitrogens is 1. The SMILES string of the molecule is CN1CCN(c2ccc(-c3ccc(S(=O)(=O)N4CC=C(C(=O)NO)CC4)cn3)cc2)CC1. The number of nitrogens with zero attached hydrogens (tertiary/aromatic N) is 4. The molecule has 2 N–H and O–H groups in total. The van der Waals surface area contributed by atoms with Gasteiger partial charge >= 0.3 is 0 Å². The highest BCUT2D eigenvalue weighted by molar-refractivity contribution is 7.89. The van der Waals surface area contributed by atoms with Gasteiger partial charge < -0.3 is 9.80 Å². The first-order chi connectivity index (χ1) is 15.4. The zero-order chi connectivity index (χ0) is 22.7. The van der Waals surface area contributed by atoms with E-state index in [-0.39, 0.29) is 24.4 Å². The molecule has 1 aromatic carbocycles. The van der Waals surface area contributed by atoms with Crippen molar-refractivity contribution in [2.45, 2.75) is 11.3 Å². The summed E-state index contributed by atoms with van der Waals surface area (Å²) in [6.07, 6.45) is 3.12. The highest BCUT2D eigenvalue weighted by Crippen LogP contribution is 2.25. The van der Waals surface area contributed by atoms with Gasteiger partial charge in [0.05, 0.1) is 5.69 Å². The van der Waals surface area contributed by atoms with Gasteiger partial charge in [-0.1, -0.05) is 18.2 Å². The molecular weight excluding hydrogens is 430 g/mol. The second-order valence-electron chi connectivity index (χ2n) is 8.00. The Hall–Kier alpha value is -2.79. The van der Waals surface area contributed by atoms with Gasteiger partial charge in [0, 0.05) is 62.3 Å². The summed E-state index contributed by atoms with van der Waals surface area (Å²) < 4.78 is 27.1. The second-order valence-corrected chi connectivity index (χ2v) is 9.94. The minimum absolute atomic E-state index is 0.0700. The molecule has 1 aromatic heterocycles. The summed E-state index contributed by atoms with van der Waals surface area (Å²) in [5.41, 5.74) is 4.74. The van der Waals surface area contributed by atoms with Crippen molar-refractivity contribution in [2.24, 2.45) is 0 Å². The molecule has 0 atom stereocenters. The zero-order valence-corrected chi connectivity index (χ0v) is 18.8. The Bertz CT molecular complexity index is 1090. The van der Waals surface area contributed by atoms with E-state index in [0.29, 0.717) is 11.3 Å². The lowest BCUT2D eigenvalue weighted by molar-refractivity contribution is -0.125. The van der Waals surface area contributed by atoms with Crippen LogP contribution < -0.4 is 10.4 Å². The predicted octanol–water partition coefficient (Wildman–Crippen LogP) is 1.33. The Balaban J connectivity index is 1.45. The third kappa shape index (κ3) is 4.68. The molecule has 9 nitrogen and oxygen atoms in total. The van der Waals surface area contributed by atoms with Crippen molar-refractivity contribution < 1.29 is 18.4 Å². The Labute approximate surface area is 188 Å². The van der Waals surface area contributed by atoms with Crippen LogP contribution in [0.5, 0.6) is 0 Å². The summed E-state index contributed by atoms with van der Waals surface area (Å²) in [6.45, 7) is 4.32. The van der Waals surface area contributed by atoms with Gasteiger partial charge in [0.1, 0.15) is 4.90 Å². The first kappa shape index (κ1) is 22.4. The fourth-order valence-corrected chi connectivity index (χ4v) is 5.23. The van der Waals surface area contributed by atoms with Gasteiger partial charge in [-0.25, -0.2) is 13.9 Å². The van der Waals surface area contributed by atoms with E-state index in [1.807, 2.05) is 12.1 Å². The molecule has 0 aliphatic carbocycles. The second kappa shape index (κ2) is 9.37. The van der Waals surface area contributed by atoms with Crippen molar-refractivity contribution >= 4 is 21.6 Å². The fraction of sp³-hybridized carbons (Fsp3) is 0.364. The molecule has 32 heavy (non-hydrogen) atoms. The third-order valence-corrected chi connectivity index (χ3v) is 7.82. The van der Waals surface area contributed by atoms with Crippen LogP contribution in [0.25, 0.3) is 11.3 Å². The number of likely N-dealkylation sites (N-methyl/N-ethyl adjacent to an activating group) is 1. The van der Waals surface area contributed by atoms with Gasteiger partial charge in [-0.3, -0.25) is 15.0 Å². The smallest absolute Gasteiger partial charge is 0.270 e. The van der Waals surface area contributed by atoms with Crippen LogP contribution in [0.2, 0.25) is 0 Å². The number of benzene rings is 1. The van der Waals surface area contributed by atoms with Gasteiger partial charge in [0.15, 0.2) is 0 Å². The molecule has 170 valence electrons. The van der Waals surface area contributed by atoms with Crippen LogP contribution in [-0.4, -0.2) is 80.0 Å². The highest BCUT2D eigenvalue weighted by atomic mass is 32.2. The molecule has 10 heteroatoms. The molecule has 0 bridgehead atoms. The van der Waals surface area contributed by atoms with Crippen LogP contribution in [-0.2, 0) is 14.8 Å². The number of rotatable bonds is 5. The predicted molar refractivity (Wildman–Crippen MR) is 121 cm³/mol. The number of sulfonamides is 1. The van der Waals surface area contributed by atoms with Crippen molar-refractivity contribution in [1.29, 1.82) is 0 Å². The van der Waals surface area contributed by atoms with Gasteiger partial charge in [-0.15, -0.1) is 0 Å². The molecule has 4 rings (SSSR count). The molecule has 0 radical (unpaired) electrons. The van der Waals surface area contributed by atoms with Crippen LogP contribution in [0.3, 0.4) is 0 Å². The van der Waals surface area contributed by atoms with Crippen LogP contribution in [0.15, 0.2) is 59.1 Å². The van der Waals surface area contributed by atoms with Gasteiger partial charge in [0.2, 0.25) is 10.0 Å². The Morgan fingerprint density at radius 1 is 1.03 bits per heavy atom. The van der Waals surface area contributed by atoms with Crippen molar-refractivity contribution in [1.82, 2.24) is 19.7 Å². The lowest BCUT2D eigenvalue weighted by atomic mass is 10.1. The number of hydrogen-bond acceptors (Lipinski definition) is 7. The van der Waals surface area contributed by atoms with Crippen LogP contribution in [0, 0.1) is 0 Å². The topological polar surface area (TPSA) is 106 Å².